The van der Waals surface area contributed by atoms with Gasteiger partial charge in [0.05, 0.1) is 12.8 Å². The molecule has 0 aliphatic carbocycles. The Balaban J connectivity index is 2.03. The van der Waals surface area contributed by atoms with Crippen molar-refractivity contribution in [3.8, 4) is 28.5 Å². The largest absolute Gasteiger partial charge is 0.492 e. The monoisotopic (exact) mass is 317 g/mol. The second-order valence-corrected chi connectivity index (χ2v) is 5.35. The third-order valence-electron chi connectivity index (χ3n) is 3.88. The van der Waals surface area contributed by atoms with Crippen molar-refractivity contribution in [2.75, 3.05) is 7.11 Å². The highest BCUT2D eigenvalue weighted by molar-refractivity contribution is 5.71. The zero-order valence-corrected chi connectivity index (χ0v) is 13.3. The summed E-state index contributed by atoms with van der Waals surface area (Å²) in [5.74, 6) is 1.32. The minimum absolute atomic E-state index is 0.591. The Hall–Kier alpha value is -3.28. The Morgan fingerprint density at radius 3 is 2.46 bits per heavy atom. The zero-order chi connectivity index (χ0) is 16.5. The van der Waals surface area contributed by atoms with Gasteiger partial charge in [0.2, 0.25) is 5.65 Å². The second-order valence-electron chi connectivity index (χ2n) is 5.35. The van der Waals surface area contributed by atoms with Crippen molar-refractivity contribution in [2.45, 2.75) is 6.92 Å². The van der Waals surface area contributed by atoms with Crippen LogP contribution in [0.5, 0.6) is 5.75 Å². The average Bonchev–Trinajstić information content (AvgIpc) is 3.06. The van der Waals surface area contributed by atoms with Crippen LogP contribution in [-0.2, 0) is 0 Å². The van der Waals surface area contributed by atoms with Crippen LogP contribution in [0.2, 0.25) is 0 Å². The molecule has 3 aromatic heterocycles. The molecule has 24 heavy (non-hydrogen) atoms. The van der Waals surface area contributed by atoms with E-state index in [4.69, 9.17) is 9.84 Å². The van der Waals surface area contributed by atoms with Gasteiger partial charge in [0.1, 0.15) is 5.69 Å². The molecule has 3 heterocycles. The van der Waals surface area contributed by atoms with Crippen molar-refractivity contribution in [3.63, 3.8) is 0 Å². The van der Waals surface area contributed by atoms with Gasteiger partial charge in [-0.2, -0.15) is 9.61 Å². The van der Waals surface area contributed by atoms with E-state index in [1.165, 1.54) is 0 Å². The van der Waals surface area contributed by atoms with Crippen molar-refractivity contribution < 1.29 is 4.74 Å². The zero-order valence-electron chi connectivity index (χ0n) is 13.3. The van der Waals surface area contributed by atoms with Gasteiger partial charge >= 0.3 is 0 Å². The maximum atomic E-state index is 5.58. The van der Waals surface area contributed by atoms with E-state index in [1.54, 1.807) is 17.8 Å². The SMILES string of the molecule is COc1c(C)c(-c2ccccn2)nn2c(-c3ccccc3)nnc12. The first-order chi connectivity index (χ1) is 11.8. The molecule has 0 fully saturated rings. The van der Waals surface area contributed by atoms with Gasteiger partial charge in [-0.3, -0.25) is 4.98 Å². The van der Waals surface area contributed by atoms with Crippen molar-refractivity contribution in [2.24, 2.45) is 0 Å². The van der Waals surface area contributed by atoms with E-state index in [2.05, 4.69) is 15.2 Å². The first-order valence-corrected chi connectivity index (χ1v) is 7.56. The maximum absolute atomic E-state index is 5.58. The van der Waals surface area contributed by atoms with Gasteiger partial charge in [0.15, 0.2) is 11.6 Å². The molecule has 0 bridgehead atoms. The highest BCUT2D eigenvalue weighted by Gasteiger charge is 2.19. The molecule has 0 unspecified atom stereocenters. The van der Waals surface area contributed by atoms with Crippen LogP contribution < -0.4 is 4.74 Å². The van der Waals surface area contributed by atoms with Gasteiger partial charge < -0.3 is 4.74 Å². The summed E-state index contributed by atoms with van der Waals surface area (Å²) in [7, 11) is 1.63. The van der Waals surface area contributed by atoms with Crippen LogP contribution in [0.25, 0.3) is 28.4 Å². The number of nitrogens with zero attached hydrogens (tertiary/aromatic N) is 5. The number of hydrogen-bond acceptors (Lipinski definition) is 5. The first kappa shape index (κ1) is 14.3. The summed E-state index contributed by atoms with van der Waals surface area (Å²) in [5.41, 5.74) is 3.94. The predicted octanol–water partition coefficient (Wildman–Crippen LogP) is 3.17. The van der Waals surface area contributed by atoms with Gasteiger partial charge in [-0.15, -0.1) is 10.2 Å². The quantitative estimate of drug-likeness (QED) is 0.580. The number of fused-ring (bicyclic) bond motifs is 1. The molecule has 0 saturated heterocycles. The standard InChI is InChI=1S/C18H15N5O/c1-12-15(14-10-6-7-11-19-14)22-23-17(13-8-4-3-5-9-13)20-21-18(23)16(12)24-2/h3-11H,1-2H3. The molecule has 0 aliphatic rings. The number of rotatable bonds is 3. The molecule has 4 aromatic rings. The van der Waals surface area contributed by atoms with Crippen LogP contribution in [0, 0.1) is 6.92 Å². The molecule has 1 aromatic carbocycles. The van der Waals surface area contributed by atoms with Gasteiger partial charge in [-0.25, -0.2) is 0 Å². The Kier molecular flexibility index (Phi) is 3.42. The molecule has 0 radical (unpaired) electrons. The van der Waals surface area contributed by atoms with Crippen molar-refractivity contribution in [3.05, 3.63) is 60.3 Å². The van der Waals surface area contributed by atoms with E-state index in [0.29, 0.717) is 17.2 Å². The lowest BCUT2D eigenvalue weighted by atomic mass is 10.1. The average molecular weight is 317 g/mol. The smallest absolute Gasteiger partial charge is 0.220 e. The lowest BCUT2D eigenvalue weighted by Gasteiger charge is -2.11. The first-order valence-electron chi connectivity index (χ1n) is 7.56. The van der Waals surface area contributed by atoms with Gasteiger partial charge in [0, 0.05) is 17.3 Å². The molecular weight excluding hydrogens is 302 g/mol. The van der Waals surface area contributed by atoms with E-state index in [9.17, 15) is 0 Å². The van der Waals surface area contributed by atoms with Crippen LogP contribution in [0.4, 0.5) is 0 Å². The van der Waals surface area contributed by atoms with Crippen molar-refractivity contribution >= 4 is 5.65 Å². The number of aromatic nitrogens is 5. The summed E-state index contributed by atoms with van der Waals surface area (Å²) >= 11 is 0. The highest BCUT2D eigenvalue weighted by Crippen LogP contribution is 2.31. The maximum Gasteiger partial charge on any atom is 0.220 e. The Morgan fingerprint density at radius 2 is 1.75 bits per heavy atom. The van der Waals surface area contributed by atoms with E-state index in [-0.39, 0.29) is 0 Å². The molecule has 0 N–H and O–H groups in total. The molecule has 0 saturated carbocycles. The Bertz CT molecular complexity index is 996. The third kappa shape index (κ3) is 2.20. The molecule has 6 heteroatoms. The van der Waals surface area contributed by atoms with Crippen LogP contribution in [0.1, 0.15) is 5.56 Å². The number of hydrogen-bond donors (Lipinski definition) is 0. The summed E-state index contributed by atoms with van der Waals surface area (Å²) in [6.07, 6.45) is 1.75. The minimum Gasteiger partial charge on any atom is -0.492 e. The lowest BCUT2D eigenvalue weighted by molar-refractivity contribution is 0.412. The number of benzene rings is 1. The van der Waals surface area contributed by atoms with E-state index in [0.717, 1.165) is 22.5 Å². The normalized spacial score (nSPS) is 10.9. The van der Waals surface area contributed by atoms with Gasteiger partial charge in [-0.1, -0.05) is 36.4 Å². The van der Waals surface area contributed by atoms with E-state index in [1.807, 2.05) is 55.5 Å². The summed E-state index contributed by atoms with van der Waals surface area (Å²) in [5, 5.41) is 13.3. The van der Waals surface area contributed by atoms with Gasteiger partial charge in [0.25, 0.3) is 0 Å². The van der Waals surface area contributed by atoms with Crippen LogP contribution >= 0.6 is 0 Å². The molecular formula is C18H15N5O. The van der Waals surface area contributed by atoms with E-state index < -0.39 is 0 Å². The summed E-state index contributed by atoms with van der Waals surface area (Å²) in [6.45, 7) is 1.95. The molecule has 0 atom stereocenters. The van der Waals surface area contributed by atoms with Crippen LogP contribution in [0.3, 0.4) is 0 Å². The van der Waals surface area contributed by atoms with E-state index >= 15 is 0 Å². The molecule has 0 spiro atoms. The van der Waals surface area contributed by atoms with Crippen molar-refractivity contribution in [1.29, 1.82) is 0 Å². The number of pyridine rings is 1. The lowest BCUT2D eigenvalue weighted by Crippen LogP contribution is -2.04. The Morgan fingerprint density at radius 1 is 0.958 bits per heavy atom. The fourth-order valence-corrected chi connectivity index (χ4v) is 2.72. The summed E-state index contributed by atoms with van der Waals surface area (Å²) in [6, 6.07) is 15.6. The summed E-state index contributed by atoms with van der Waals surface area (Å²) in [4.78, 5) is 4.41. The molecule has 118 valence electrons. The third-order valence-corrected chi connectivity index (χ3v) is 3.88. The van der Waals surface area contributed by atoms with Crippen molar-refractivity contribution in [1.82, 2.24) is 24.8 Å². The van der Waals surface area contributed by atoms with Crippen LogP contribution in [-0.4, -0.2) is 31.9 Å². The predicted molar refractivity (Wildman–Crippen MR) is 90.7 cm³/mol. The minimum atomic E-state index is 0.591. The second kappa shape index (κ2) is 5.73. The molecule has 0 aliphatic heterocycles. The number of methoxy groups -OCH3 is 1. The molecule has 6 nitrogen and oxygen atoms in total. The van der Waals surface area contributed by atoms with Crippen LogP contribution in [0.15, 0.2) is 54.7 Å². The topological polar surface area (TPSA) is 65.2 Å². The fraction of sp³-hybridized carbons (Fsp3) is 0.111. The molecule has 4 rings (SSSR count). The number of ether oxygens (including phenoxy) is 1. The Labute approximate surface area is 138 Å². The highest BCUT2D eigenvalue weighted by atomic mass is 16.5. The van der Waals surface area contributed by atoms with Gasteiger partial charge in [-0.05, 0) is 19.1 Å². The summed E-state index contributed by atoms with van der Waals surface area (Å²) < 4.78 is 7.29. The fourth-order valence-electron chi connectivity index (χ4n) is 2.72. The molecule has 0 amide bonds.